The Kier molecular flexibility index (Phi) is 7.23. The van der Waals surface area contributed by atoms with Crippen LogP contribution in [0.3, 0.4) is 0 Å². The Bertz CT molecular complexity index is 188. The van der Waals surface area contributed by atoms with E-state index in [9.17, 15) is 4.79 Å². The standard InChI is InChI=1S/C13H26N2O/c1-2-3-4-5-8-13(16)15-11-9-12-7-6-10-14-12/h12,14H,2-11H2,1H3,(H,15,16). The molecule has 94 valence electrons. The number of unbranched alkanes of at least 4 members (excludes halogenated alkanes) is 3. The predicted octanol–water partition coefficient (Wildman–Crippen LogP) is 2.22. The molecule has 1 amide bonds. The van der Waals surface area contributed by atoms with Crippen LogP contribution in [0.5, 0.6) is 0 Å². The predicted molar refractivity (Wildman–Crippen MR) is 67.4 cm³/mol. The lowest BCUT2D eigenvalue weighted by Crippen LogP contribution is -2.30. The second-order valence-corrected chi connectivity index (χ2v) is 4.74. The van der Waals surface area contributed by atoms with Gasteiger partial charge in [-0.15, -0.1) is 0 Å². The zero-order valence-corrected chi connectivity index (χ0v) is 10.6. The number of nitrogens with one attached hydrogen (secondary N) is 2. The minimum Gasteiger partial charge on any atom is -0.356 e. The van der Waals surface area contributed by atoms with Crippen LogP contribution in [-0.4, -0.2) is 25.0 Å². The summed E-state index contributed by atoms with van der Waals surface area (Å²) in [5.41, 5.74) is 0. The van der Waals surface area contributed by atoms with Crippen molar-refractivity contribution in [2.75, 3.05) is 13.1 Å². The smallest absolute Gasteiger partial charge is 0.219 e. The lowest BCUT2D eigenvalue weighted by Gasteiger charge is -2.10. The quantitative estimate of drug-likeness (QED) is 0.623. The van der Waals surface area contributed by atoms with Crippen molar-refractivity contribution in [3.63, 3.8) is 0 Å². The van der Waals surface area contributed by atoms with Crippen molar-refractivity contribution >= 4 is 5.91 Å². The fourth-order valence-electron chi connectivity index (χ4n) is 2.19. The normalized spacial score (nSPS) is 19.9. The highest BCUT2D eigenvalue weighted by atomic mass is 16.1. The van der Waals surface area contributed by atoms with Crippen LogP contribution in [-0.2, 0) is 4.79 Å². The largest absolute Gasteiger partial charge is 0.356 e. The van der Waals surface area contributed by atoms with E-state index >= 15 is 0 Å². The van der Waals surface area contributed by atoms with Gasteiger partial charge in [0.15, 0.2) is 0 Å². The van der Waals surface area contributed by atoms with Crippen LogP contribution in [0, 0.1) is 0 Å². The van der Waals surface area contributed by atoms with Gasteiger partial charge >= 0.3 is 0 Å². The molecule has 2 N–H and O–H groups in total. The molecule has 0 aromatic heterocycles. The van der Waals surface area contributed by atoms with E-state index in [1.807, 2.05) is 0 Å². The lowest BCUT2D eigenvalue weighted by molar-refractivity contribution is -0.121. The van der Waals surface area contributed by atoms with Gasteiger partial charge in [-0.1, -0.05) is 26.2 Å². The van der Waals surface area contributed by atoms with Crippen LogP contribution in [0.1, 0.15) is 58.3 Å². The first-order valence-electron chi connectivity index (χ1n) is 6.83. The first-order chi connectivity index (χ1) is 7.83. The molecule has 0 aromatic carbocycles. The summed E-state index contributed by atoms with van der Waals surface area (Å²) >= 11 is 0. The molecule has 0 radical (unpaired) electrons. The van der Waals surface area contributed by atoms with E-state index in [-0.39, 0.29) is 5.91 Å². The highest BCUT2D eigenvalue weighted by Gasteiger charge is 2.13. The van der Waals surface area contributed by atoms with Crippen molar-refractivity contribution in [3.8, 4) is 0 Å². The van der Waals surface area contributed by atoms with E-state index in [1.165, 1.54) is 32.1 Å². The molecule has 0 saturated carbocycles. The van der Waals surface area contributed by atoms with Crippen molar-refractivity contribution in [1.82, 2.24) is 10.6 Å². The fourth-order valence-corrected chi connectivity index (χ4v) is 2.19. The van der Waals surface area contributed by atoms with Gasteiger partial charge in [0.2, 0.25) is 5.91 Å². The molecule has 1 atom stereocenters. The van der Waals surface area contributed by atoms with Crippen molar-refractivity contribution in [3.05, 3.63) is 0 Å². The van der Waals surface area contributed by atoms with E-state index in [1.54, 1.807) is 0 Å². The van der Waals surface area contributed by atoms with Gasteiger partial charge in [0.1, 0.15) is 0 Å². The highest BCUT2D eigenvalue weighted by Crippen LogP contribution is 2.07. The van der Waals surface area contributed by atoms with Crippen LogP contribution in [0.15, 0.2) is 0 Å². The number of carbonyl (C=O) groups is 1. The van der Waals surface area contributed by atoms with E-state index in [4.69, 9.17) is 0 Å². The molecule has 0 bridgehead atoms. The van der Waals surface area contributed by atoms with Crippen LogP contribution < -0.4 is 10.6 Å². The minimum atomic E-state index is 0.231. The van der Waals surface area contributed by atoms with Crippen molar-refractivity contribution in [1.29, 1.82) is 0 Å². The number of hydrogen-bond acceptors (Lipinski definition) is 2. The average Bonchev–Trinajstić information content (AvgIpc) is 2.77. The van der Waals surface area contributed by atoms with Crippen LogP contribution in [0.25, 0.3) is 0 Å². The zero-order valence-electron chi connectivity index (χ0n) is 10.6. The second kappa shape index (κ2) is 8.57. The monoisotopic (exact) mass is 226 g/mol. The van der Waals surface area contributed by atoms with Gasteiger partial charge < -0.3 is 10.6 Å². The van der Waals surface area contributed by atoms with Gasteiger partial charge in [0.05, 0.1) is 0 Å². The summed E-state index contributed by atoms with van der Waals surface area (Å²) in [7, 11) is 0. The SMILES string of the molecule is CCCCCCC(=O)NCCC1CCCN1. The van der Waals surface area contributed by atoms with Gasteiger partial charge in [-0.3, -0.25) is 4.79 Å². The average molecular weight is 226 g/mol. The summed E-state index contributed by atoms with van der Waals surface area (Å²) in [6, 6.07) is 0.639. The third kappa shape index (κ3) is 6.11. The molecular weight excluding hydrogens is 200 g/mol. The topological polar surface area (TPSA) is 41.1 Å². The molecule has 1 aliphatic rings. The minimum absolute atomic E-state index is 0.231. The van der Waals surface area contributed by atoms with Gasteiger partial charge in [-0.2, -0.15) is 0 Å². The molecule has 3 nitrogen and oxygen atoms in total. The van der Waals surface area contributed by atoms with Crippen molar-refractivity contribution in [2.24, 2.45) is 0 Å². The maximum Gasteiger partial charge on any atom is 0.219 e. The molecule has 0 aromatic rings. The van der Waals surface area contributed by atoms with Crippen molar-refractivity contribution < 1.29 is 4.79 Å². The lowest BCUT2D eigenvalue weighted by atomic mass is 10.1. The molecule has 1 heterocycles. The first-order valence-corrected chi connectivity index (χ1v) is 6.83. The van der Waals surface area contributed by atoms with Gasteiger partial charge in [-0.25, -0.2) is 0 Å². The van der Waals surface area contributed by atoms with Crippen LogP contribution in [0.4, 0.5) is 0 Å². The summed E-state index contributed by atoms with van der Waals surface area (Å²) in [5.74, 6) is 0.231. The third-order valence-corrected chi connectivity index (χ3v) is 3.23. The zero-order chi connectivity index (χ0) is 11.6. The molecular formula is C13H26N2O. The number of carbonyl (C=O) groups excluding carboxylic acids is 1. The number of amides is 1. The Morgan fingerprint density at radius 1 is 1.38 bits per heavy atom. The van der Waals surface area contributed by atoms with E-state index in [0.29, 0.717) is 12.5 Å². The Labute approximate surface area is 99.4 Å². The number of rotatable bonds is 8. The van der Waals surface area contributed by atoms with Gasteiger partial charge in [-0.05, 0) is 32.2 Å². The van der Waals surface area contributed by atoms with Crippen LogP contribution in [0.2, 0.25) is 0 Å². The molecule has 1 rings (SSSR count). The second-order valence-electron chi connectivity index (χ2n) is 4.74. The number of hydrogen-bond donors (Lipinski definition) is 2. The highest BCUT2D eigenvalue weighted by molar-refractivity contribution is 5.75. The maximum absolute atomic E-state index is 11.4. The summed E-state index contributed by atoms with van der Waals surface area (Å²) in [4.78, 5) is 11.4. The molecule has 16 heavy (non-hydrogen) atoms. The molecule has 1 saturated heterocycles. The molecule has 3 heteroatoms. The molecule has 0 spiro atoms. The summed E-state index contributed by atoms with van der Waals surface area (Å²) in [6.07, 6.45) is 9.06. The Balaban J connectivity index is 1.89. The van der Waals surface area contributed by atoms with E-state index in [2.05, 4.69) is 17.6 Å². The Morgan fingerprint density at radius 2 is 2.25 bits per heavy atom. The summed E-state index contributed by atoms with van der Waals surface area (Å²) < 4.78 is 0. The Hall–Kier alpha value is -0.570. The third-order valence-electron chi connectivity index (χ3n) is 3.23. The molecule has 1 aliphatic heterocycles. The molecule has 1 fully saturated rings. The van der Waals surface area contributed by atoms with E-state index < -0.39 is 0 Å². The Morgan fingerprint density at radius 3 is 2.94 bits per heavy atom. The van der Waals surface area contributed by atoms with Crippen LogP contribution >= 0.6 is 0 Å². The van der Waals surface area contributed by atoms with Crippen molar-refractivity contribution in [2.45, 2.75) is 64.3 Å². The van der Waals surface area contributed by atoms with E-state index in [0.717, 1.165) is 25.9 Å². The first kappa shape index (κ1) is 13.5. The molecule has 1 unspecified atom stereocenters. The van der Waals surface area contributed by atoms with Gasteiger partial charge in [0.25, 0.3) is 0 Å². The molecule has 0 aliphatic carbocycles. The maximum atomic E-state index is 11.4. The van der Waals surface area contributed by atoms with Gasteiger partial charge in [0, 0.05) is 19.0 Å². The fraction of sp³-hybridized carbons (Fsp3) is 0.923. The summed E-state index contributed by atoms with van der Waals surface area (Å²) in [5, 5.41) is 6.45. The summed E-state index contributed by atoms with van der Waals surface area (Å²) in [6.45, 7) is 4.18.